The van der Waals surface area contributed by atoms with E-state index in [0.717, 1.165) is 54.0 Å². The Morgan fingerprint density at radius 2 is 1.65 bits per heavy atom. The minimum absolute atomic E-state index is 0.0223. The maximum atomic E-state index is 14.8. The highest BCUT2D eigenvalue weighted by atomic mass is 35.5. The summed E-state index contributed by atoms with van der Waals surface area (Å²) in [5.74, 6) is -0.318. The van der Waals surface area contributed by atoms with Gasteiger partial charge in [-0.25, -0.2) is 4.98 Å². The number of furan rings is 1. The van der Waals surface area contributed by atoms with Crippen molar-refractivity contribution in [1.29, 1.82) is 0 Å². The van der Waals surface area contributed by atoms with E-state index in [4.69, 9.17) is 36.2 Å². The number of benzene rings is 3. The van der Waals surface area contributed by atoms with Crippen LogP contribution in [0, 0.1) is 33.1 Å². The third-order valence-electron chi connectivity index (χ3n) is 15.1. The number of carbonyl (C=O) groups excluding carboxylic acids is 5. The summed E-state index contributed by atoms with van der Waals surface area (Å²) < 4.78 is 20.2. The van der Waals surface area contributed by atoms with Crippen LogP contribution in [0.25, 0.3) is 26.4 Å². The predicted octanol–water partition coefficient (Wildman–Crippen LogP) is 9.37. The number of ether oxygens (including phenoxy) is 2. The van der Waals surface area contributed by atoms with Gasteiger partial charge in [0.15, 0.2) is 11.6 Å². The molecule has 18 nitrogen and oxygen atoms in total. The molecule has 10 rings (SSSR count). The highest BCUT2D eigenvalue weighted by molar-refractivity contribution is 7.15. The molecule has 3 aliphatic rings. The highest BCUT2D eigenvalue weighted by Crippen LogP contribution is 2.40. The molecule has 6 heterocycles. The first kappa shape index (κ1) is 56.0. The van der Waals surface area contributed by atoms with Crippen LogP contribution in [0.15, 0.2) is 87.7 Å². The maximum absolute atomic E-state index is 14.8. The maximum Gasteiger partial charge on any atom is 0.306 e. The van der Waals surface area contributed by atoms with Gasteiger partial charge in [-0.3, -0.25) is 33.5 Å². The van der Waals surface area contributed by atoms with Crippen LogP contribution >= 0.6 is 34.3 Å². The largest absolute Gasteiger partial charge is 0.490 e. The van der Waals surface area contributed by atoms with Crippen LogP contribution in [0.2, 0.25) is 5.02 Å². The molecule has 2 fully saturated rings. The van der Waals surface area contributed by atoms with Crippen molar-refractivity contribution in [3.05, 3.63) is 134 Å². The molecular weight excluding hydrogens is 1080 g/mol. The molecule has 2 aliphatic heterocycles. The van der Waals surface area contributed by atoms with Crippen molar-refractivity contribution in [3.8, 4) is 21.2 Å². The Morgan fingerprint density at radius 1 is 0.912 bits per heavy atom. The number of aromatic nitrogens is 4. The van der Waals surface area contributed by atoms with Gasteiger partial charge in [0.05, 0.1) is 40.8 Å². The number of aliphatic imine (C=N–C) groups is 1. The summed E-state index contributed by atoms with van der Waals surface area (Å²) in [5.41, 5.74) is 13.7. The van der Waals surface area contributed by atoms with Gasteiger partial charge in [0.25, 0.3) is 5.91 Å². The Morgan fingerprint density at radius 3 is 2.35 bits per heavy atom. The van der Waals surface area contributed by atoms with E-state index in [1.165, 1.54) is 4.90 Å². The standard InChI is InChI=1S/C59H65ClN10O8S2/c1-30-33(4)80-58-50(30)51(36-15-17-39(60)18-16-36)65-44(54-68-67-34(5)70(54)58)27-48(71)64-40-24-42(25-40)76-41-19-20-46-38(22-41)23-47(78-46)56(74)66-53(59(6,7)8)57(75)69-28-43(77-49(72)10-9-21-61)26-45(69)55(73)63-31(2)35-11-13-37(14-12-35)52-32(3)62-29-79-52/h11-20,22-23,29,31,40,42-45,53H,9-10,21,24-28,61H2,1-8H3,(H,63,73)(H,64,71)(H,66,74)/t31-,40-,42+,43+,44-,45-,53+/m0/s1. The number of hydrogen-bond acceptors (Lipinski definition) is 15. The van der Waals surface area contributed by atoms with Gasteiger partial charge in [0.1, 0.15) is 52.5 Å². The number of nitrogens with zero attached hydrogens (tertiary/aromatic N) is 6. The Balaban J connectivity index is 0.775. The molecule has 0 bridgehead atoms. The van der Waals surface area contributed by atoms with Crippen molar-refractivity contribution in [2.45, 2.75) is 136 Å². The Kier molecular flexibility index (Phi) is 16.2. The number of likely N-dealkylation sites (tertiary alicyclic amines) is 1. The number of halogens is 1. The van der Waals surface area contributed by atoms with Gasteiger partial charge in [0.2, 0.25) is 17.7 Å². The van der Waals surface area contributed by atoms with Gasteiger partial charge < -0.3 is 40.5 Å². The summed E-state index contributed by atoms with van der Waals surface area (Å²) in [6, 6.07) is 19.1. The van der Waals surface area contributed by atoms with E-state index in [2.05, 4.69) is 45.0 Å². The third kappa shape index (κ3) is 11.8. The third-order valence-corrected chi connectivity index (χ3v) is 17.5. The monoisotopic (exact) mass is 1140 g/mol. The Bertz CT molecular complexity index is 3520. The summed E-state index contributed by atoms with van der Waals surface area (Å²) in [4.78, 5) is 83.0. The second-order valence-electron chi connectivity index (χ2n) is 22.0. The molecule has 1 saturated carbocycles. The molecule has 4 aromatic heterocycles. The second kappa shape index (κ2) is 23.1. The summed E-state index contributed by atoms with van der Waals surface area (Å²) in [6.07, 6.45) is 0.907. The summed E-state index contributed by atoms with van der Waals surface area (Å²) in [5, 5.41) is 20.3. The van der Waals surface area contributed by atoms with Crippen LogP contribution in [0.4, 0.5) is 0 Å². The van der Waals surface area contributed by atoms with Gasteiger partial charge in [-0.15, -0.1) is 32.9 Å². The van der Waals surface area contributed by atoms with E-state index in [9.17, 15) is 24.0 Å². The smallest absolute Gasteiger partial charge is 0.306 e. The van der Waals surface area contributed by atoms with Crippen LogP contribution < -0.4 is 26.4 Å². The molecule has 3 aromatic carbocycles. The van der Waals surface area contributed by atoms with Crippen LogP contribution in [0.1, 0.15) is 133 Å². The van der Waals surface area contributed by atoms with E-state index in [1.54, 1.807) is 46.9 Å². The Hall–Kier alpha value is -7.26. The van der Waals surface area contributed by atoms with E-state index < -0.39 is 59.4 Å². The Labute approximate surface area is 476 Å². The summed E-state index contributed by atoms with van der Waals surface area (Å²) >= 11 is 9.50. The van der Waals surface area contributed by atoms with E-state index in [0.29, 0.717) is 59.2 Å². The van der Waals surface area contributed by atoms with Gasteiger partial charge in [-0.05, 0) is 106 Å². The molecule has 80 heavy (non-hydrogen) atoms. The number of rotatable bonds is 17. The average Bonchev–Trinajstić information content (AvgIpc) is 4.33. The fourth-order valence-corrected chi connectivity index (χ4v) is 12.7. The average molecular weight is 1140 g/mol. The zero-order valence-electron chi connectivity index (χ0n) is 45.9. The van der Waals surface area contributed by atoms with Gasteiger partial charge in [-0.1, -0.05) is 68.8 Å². The van der Waals surface area contributed by atoms with Gasteiger partial charge in [-0.2, -0.15) is 0 Å². The number of nitrogens with one attached hydrogen (secondary N) is 3. The summed E-state index contributed by atoms with van der Waals surface area (Å²) in [6.45, 7) is 15.7. The summed E-state index contributed by atoms with van der Waals surface area (Å²) in [7, 11) is 0. The van der Waals surface area contributed by atoms with Gasteiger partial charge >= 0.3 is 5.97 Å². The molecule has 1 saturated heterocycles. The van der Waals surface area contributed by atoms with Crippen molar-refractivity contribution in [2.75, 3.05) is 13.1 Å². The van der Waals surface area contributed by atoms with Gasteiger partial charge in [0, 0.05) is 58.1 Å². The normalized spacial score (nSPS) is 19.4. The van der Waals surface area contributed by atoms with Crippen molar-refractivity contribution in [3.63, 3.8) is 0 Å². The number of esters is 1. The number of nitrogens with two attached hydrogens (primary N) is 1. The molecule has 0 radical (unpaired) electrons. The first-order chi connectivity index (χ1) is 38.2. The highest BCUT2D eigenvalue weighted by Gasteiger charge is 2.47. The van der Waals surface area contributed by atoms with E-state index >= 15 is 0 Å². The first-order valence-electron chi connectivity index (χ1n) is 26.9. The molecule has 5 N–H and O–H groups in total. The number of thiophene rings is 1. The molecule has 418 valence electrons. The molecular formula is C59H65ClN10O8S2. The minimum atomic E-state index is -1.12. The van der Waals surface area contributed by atoms with Crippen molar-refractivity contribution >= 4 is 80.6 Å². The number of aryl methyl sites for hydroxylation is 3. The van der Waals surface area contributed by atoms with Crippen LogP contribution in [-0.4, -0.2) is 103 Å². The topological polar surface area (TPSA) is 238 Å². The lowest BCUT2D eigenvalue weighted by Gasteiger charge is -2.36. The van der Waals surface area contributed by atoms with Crippen LogP contribution in [-0.2, 0) is 23.9 Å². The predicted molar refractivity (Wildman–Crippen MR) is 308 cm³/mol. The SMILES string of the molecule is Cc1ncsc1-c1ccc([C@H](C)NC(=O)[C@@H]2C[C@@H](OC(=O)CCCN)CN2C(=O)[C@@H](NC(=O)c2cc3cc(O[C@H]4C[C@@H](NC(=O)C[C@@H]5N=C(c6ccc(Cl)cc6)c6c(sc(C)c6C)-n6c(C)nnc65)C4)ccc3o2)C(C)(C)C)cc1. The van der Waals surface area contributed by atoms with Crippen molar-refractivity contribution < 1.29 is 37.9 Å². The van der Waals surface area contributed by atoms with E-state index in [-0.39, 0.29) is 49.6 Å². The molecule has 1 aliphatic carbocycles. The number of carbonyl (C=O) groups is 5. The number of amides is 4. The molecule has 5 atom stereocenters. The molecule has 7 aromatic rings. The zero-order valence-corrected chi connectivity index (χ0v) is 48.3. The lowest BCUT2D eigenvalue weighted by molar-refractivity contribution is -0.149. The van der Waals surface area contributed by atoms with Crippen molar-refractivity contribution in [1.82, 2.24) is 40.6 Å². The number of hydrogen-bond donors (Lipinski definition) is 4. The van der Waals surface area contributed by atoms with Crippen LogP contribution in [0.3, 0.4) is 0 Å². The number of fused-ring (bicyclic) bond motifs is 4. The first-order valence-corrected chi connectivity index (χ1v) is 29.0. The molecule has 0 unspecified atom stereocenters. The fraction of sp³-hybridized carbons (Fsp3) is 0.407. The quantitative estimate of drug-likeness (QED) is 0.0624. The molecule has 0 spiro atoms. The minimum Gasteiger partial charge on any atom is -0.490 e. The van der Waals surface area contributed by atoms with Crippen molar-refractivity contribution in [2.24, 2.45) is 16.1 Å². The molecule has 21 heteroatoms. The fourth-order valence-electron chi connectivity index (χ4n) is 10.6. The van der Waals surface area contributed by atoms with Crippen LogP contribution in [0.5, 0.6) is 5.75 Å². The lowest BCUT2D eigenvalue weighted by atomic mass is 9.85. The number of thiazole rings is 1. The zero-order chi connectivity index (χ0) is 56.7. The second-order valence-corrected chi connectivity index (χ2v) is 24.5. The molecule has 4 amide bonds. The lowest BCUT2D eigenvalue weighted by Crippen LogP contribution is -2.57. The van der Waals surface area contributed by atoms with E-state index in [1.807, 2.05) is 100 Å².